The lowest BCUT2D eigenvalue weighted by molar-refractivity contribution is -0.286. The molecule has 138 valence electrons. The Morgan fingerprint density at radius 3 is 2.46 bits per heavy atom. The van der Waals surface area contributed by atoms with Crippen LogP contribution >= 0.6 is 0 Å². The Kier molecular flexibility index (Phi) is 4.31. The molecule has 1 N–H and O–H groups in total. The van der Waals surface area contributed by atoms with Crippen molar-refractivity contribution in [3.63, 3.8) is 0 Å². The maximum absolute atomic E-state index is 13.0. The summed E-state index contributed by atoms with van der Waals surface area (Å²) in [6.07, 6.45) is -3.74. The highest BCUT2D eigenvalue weighted by atomic mass is 19.3. The number of carbonyl (C=O) groups is 2. The normalized spacial score (nSPS) is 14.2. The van der Waals surface area contributed by atoms with Gasteiger partial charge in [-0.3, -0.25) is 4.79 Å². The van der Waals surface area contributed by atoms with E-state index in [1.165, 1.54) is 18.2 Å². The molecule has 1 aliphatic heterocycles. The van der Waals surface area contributed by atoms with Gasteiger partial charge in [0, 0.05) is 17.3 Å². The van der Waals surface area contributed by atoms with E-state index in [1.807, 2.05) is 0 Å². The van der Waals surface area contributed by atoms with Crippen LogP contribution in [0, 0.1) is 20.8 Å². The Bertz CT molecular complexity index is 890. The number of anilines is 1. The third-order valence-corrected chi connectivity index (χ3v) is 3.78. The largest absolute Gasteiger partial charge is 0.586 e. The molecule has 0 bridgehead atoms. The van der Waals surface area contributed by atoms with Gasteiger partial charge in [0.2, 0.25) is 0 Å². The van der Waals surface area contributed by atoms with Crippen LogP contribution < -0.4 is 14.8 Å². The standard InChI is InChI=1S/C17H15F2NO6/c1-8-9(2)24-10(3)15(8)16(22)23-7-14(21)20-11-4-5-12-13(6-11)26-17(18,19)25-12/h4-6H,7H2,1-3H3,(H,20,21). The van der Waals surface area contributed by atoms with E-state index in [0.717, 1.165) is 0 Å². The number of halogens is 2. The second-order valence-electron chi connectivity index (χ2n) is 5.67. The number of alkyl halides is 2. The second-order valence-corrected chi connectivity index (χ2v) is 5.67. The number of fused-ring (bicyclic) bond motifs is 1. The van der Waals surface area contributed by atoms with Gasteiger partial charge in [-0.2, -0.15) is 0 Å². The number of nitrogens with one attached hydrogen (secondary N) is 1. The molecule has 0 unspecified atom stereocenters. The quantitative estimate of drug-likeness (QED) is 0.834. The minimum absolute atomic E-state index is 0.138. The van der Waals surface area contributed by atoms with Gasteiger partial charge >= 0.3 is 12.3 Å². The molecule has 9 heteroatoms. The Morgan fingerprint density at radius 2 is 1.81 bits per heavy atom. The minimum Gasteiger partial charge on any atom is -0.465 e. The Labute approximate surface area is 146 Å². The lowest BCUT2D eigenvalue weighted by Crippen LogP contribution is -2.25. The molecule has 2 aromatic rings. The second kappa shape index (κ2) is 6.32. The van der Waals surface area contributed by atoms with E-state index in [2.05, 4.69) is 14.8 Å². The van der Waals surface area contributed by atoms with Crippen molar-refractivity contribution < 1.29 is 37.0 Å². The molecule has 0 fully saturated rings. The molecule has 1 amide bonds. The number of furan rings is 1. The van der Waals surface area contributed by atoms with Crippen LogP contribution in [0.3, 0.4) is 0 Å². The number of hydrogen-bond donors (Lipinski definition) is 1. The van der Waals surface area contributed by atoms with Gasteiger partial charge in [-0.15, -0.1) is 8.78 Å². The zero-order valence-electron chi connectivity index (χ0n) is 14.1. The van der Waals surface area contributed by atoms with Crippen LogP contribution in [0.15, 0.2) is 22.6 Å². The van der Waals surface area contributed by atoms with Crippen molar-refractivity contribution in [1.82, 2.24) is 0 Å². The first-order valence-electron chi connectivity index (χ1n) is 7.60. The number of benzene rings is 1. The van der Waals surface area contributed by atoms with Gasteiger partial charge < -0.3 is 23.9 Å². The molecule has 0 spiro atoms. The lowest BCUT2D eigenvalue weighted by Gasteiger charge is -2.07. The fourth-order valence-electron chi connectivity index (χ4n) is 2.52. The maximum atomic E-state index is 13.0. The van der Waals surface area contributed by atoms with Crippen molar-refractivity contribution in [1.29, 1.82) is 0 Å². The van der Waals surface area contributed by atoms with Gasteiger partial charge in [-0.1, -0.05) is 0 Å². The van der Waals surface area contributed by atoms with Crippen LogP contribution in [-0.4, -0.2) is 24.8 Å². The first kappa shape index (κ1) is 17.7. The van der Waals surface area contributed by atoms with Gasteiger partial charge in [0.25, 0.3) is 5.91 Å². The zero-order valence-corrected chi connectivity index (χ0v) is 14.1. The summed E-state index contributed by atoms with van der Waals surface area (Å²) in [6, 6.07) is 3.78. The number of esters is 1. The van der Waals surface area contributed by atoms with Crippen molar-refractivity contribution in [2.75, 3.05) is 11.9 Å². The summed E-state index contributed by atoms with van der Waals surface area (Å²) < 4.78 is 44.8. The number of ether oxygens (including phenoxy) is 3. The monoisotopic (exact) mass is 367 g/mol. The van der Waals surface area contributed by atoms with Crippen LogP contribution in [0.4, 0.5) is 14.5 Å². The number of amides is 1. The van der Waals surface area contributed by atoms with E-state index in [1.54, 1.807) is 20.8 Å². The van der Waals surface area contributed by atoms with Crippen molar-refractivity contribution in [3.8, 4) is 11.5 Å². The SMILES string of the molecule is Cc1oc(C)c(C(=O)OCC(=O)Nc2ccc3c(c2)OC(F)(F)O3)c1C. The molecule has 0 atom stereocenters. The van der Waals surface area contributed by atoms with Gasteiger partial charge in [0.1, 0.15) is 17.1 Å². The number of hydrogen-bond acceptors (Lipinski definition) is 6. The van der Waals surface area contributed by atoms with Gasteiger partial charge in [0.15, 0.2) is 18.1 Å². The first-order chi connectivity index (χ1) is 12.2. The van der Waals surface area contributed by atoms with Crippen LogP contribution in [0.5, 0.6) is 11.5 Å². The van der Waals surface area contributed by atoms with Crippen LogP contribution in [0.2, 0.25) is 0 Å². The summed E-state index contributed by atoms with van der Waals surface area (Å²) in [5, 5.41) is 2.42. The van der Waals surface area contributed by atoms with E-state index < -0.39 is 24.8 Å². The van der Waals surface area contributed by atoms with E-state index in [4.69, 9.17) is 9.15 Å². The summed E-state index contributed by atoms with van der Waals surface area (Å²) in [5.74, 6) is -0.666. The molecule has 0 radical (unpaired) electrons. The predicted octanol–water partition coefficient (Wildman–Crippen LogP) is 3.32. The molecule has 26 heavy (non-hydrogen) atoms. The molecule has 3 rings (SSSR count). The van der Waals surface area contributed by atoms with Crippen molar-refractivity contribution in [2.24, 2.45) is 0 Å². The van der Waals surface area contributed by atoms with Crippen LogP contribution in [0.1, 0.15) is 27.4 Å². The Hall–Kier alpha value is -3.10. The van der Waals surface area contributed by atoms with E-state index in [9.17, 15) is 18.4 Å². The average molecular weight is 367 g/mol. The number of carbonyl (C=O) groups excluding carboxylic acids is 2. The fraction of sp³-hybridized carbons (Fsp3) is 0.294. The average Bonchev–Trinajstić information content (AvgIpc) is 2.98. The summed E-state index contributed by atoms with van der Waals surface area (Å²) in [5.41, 5.74) is 1.11. The number of rotatable bonds is 4. The molecule has 1 aromatic heterocycles. The van der Waals surface area contributed by atoms with Gasteiger partial charge in [-0.05, 0) is 32.9 Å². The third-order valence-electron chi connectivity index (χ3n) is 3.78. The topological polar surface area (TPSA) is 87.0 Å². The predicted molar refractivity (Wildman–Crippen MR) is 84.5 cm³/mol. The molecule has 0 saturated heterocycles. The molecule has 0 saturated carbocycles. The molecule has 1 aromatic carbocycles. The summed E-state index contributed by atoms with van der Waals surface area (Å²) in [6.45, 7) is 4.51. The van der Waals surface area contributed by atoms with Gasteiger partial charge in [-0.25, -0.2) is 4.79 Å². The van der Waals surface area contributed by atoms with Crippen molar-refractivity contribution in [2.45, 2.75) is 27.1 Å². The number of aryl methyl sites for hydroxylation is 2. The molecule has 1 aliphatic rings. The first-order valence-corrected chi connectivity index (χ1v) is 7.60. The van der Waals surface area contributed by atoms with E-state index >= 15 is 0 Å². The highest BCUT2D eigenvalue weighted by molar-refractivity contribution is 5.96. The van der Waals surface area contributed by atoms with Crippen molar-refractivity contribution in [3.05, 3.63) is 40.8 Å². The molecular formula is C17H15F2NO6. The summed E-state index contributed by atoms with van der Waals surface area (Å²) in [4.78, 5) is 24.0. The van der Waals surface area contributed by atoms with Crippen LogP contribution in [-0.2, 0) is 9.53 Å². The molecule has 7 nitrogen and oxygen atoms in total. The van der Waals surface area contributed by atoms with E-state index in [-0.39, 0.29) is 22.7 Å². The maximum Gasteiger partial charge on any atom is 0.586 e. The molecule has 0 aliphatic carbocycles. The smallest absolute Gasteiger partial charge is 0.465 e. The minimum atomic E-state index is -3.74. The van der Waals surface area contributed by atoms with Gasteiger partial charge in [0.05, 0.1) is 0 Å². The highest BCUT2D eigenvalue weighted by Gasteiger charge is 2.43. The summed E-state index contributed by atoms with van der Waals surface area (Å²) >= 11 is 0. The fourth-order valence-corrected chi connectivity index (χ4v) is 2.52. The Balaban J connectivity index is 1.59. The summed E-state index contributed by atoms with van der Waals surface area (Å²) in [7, 11) is 0. The third kappa shape index (κ3) is 3.46. The molecule has 2 heterocycles. The van der Waals surface area contributed by atoms with Crippen LogP contribution in [0.25, 0.3) is 0 Å². The zero-order chi connectivity index (χ0) is 19.1. The molecular weight excluding hydrogens is 352 g/mol. The Morgan fingerprint density at radius 1 is 1.12 bits per heavy atom. The van der Waals surface area contributed by atoms with E-state index in [0.29, 0.717) is 17.1 Å². The lowest BCUT2D eigenvalue weighted by atomic mass is 10.1. The van der Waals surface area contributed by atoms with Crippen molar-refractivity contribution >= 4 is 17.6 Å². The highest BCUT2D eigenvalue weighted by Crippen LogP contribution is 2.42.